The second kappa shape index (κ2) is 7.89. The Morgan fingerprint density at radius 3 is 2.24 bits per heavy atom. The molecule has 25 heavy (non-hydrogen) atoms. The van der Waals surface area contributed by atoms with Crippen molar-refractivity contribution in [2.45, 2.75) is 20.8 Å². The molecule has 2 amide bonds. The highest BCUT2D eigenvalue weighted by Crippen LogP contribution is 2.23. The van der Waals surface area contributed by atoms with Crippen LogP contribution >= 0.6 is 23.2 Å². The van der Waals surface area contributed by atoms with E-state index in [0.717, 1.165) is 22.4 Å². The third-order valence-corrected chi connectivity index (χ3v) is 4.39. The van der Waals surface area contributed by atoms with Gasteiger partial charge in [-0.25, -0.2) is 0 Å². The van der Waals surface area contributed by atoms with Crippen LogP contribution in [0.25, 0.3) is 0 Å². The molecule has 0 aliphatic rings. The maximum Gasteiger partial charge on any atom is 0.255 e. The molecular weight excluding hydrogens is 359 g/mol. The number of carbonyl (C=O) groups excluding carboxylic acids is 2. The molecule has 0 heterocycles. The average Bonchev–Trinajstić information content (AvgIpc) is 2.52. The molecule has 2 aromatic carbocycles. The lowest BCUT2D eigenvalue weighted by Gasteiger charge is -2.19. The number of halogens is 2. The smallest absolute Gasteiger partial charge is 0.255 e. The van der Waals surface area contributed by atoms with Gasteiger partial charge in [-0.1, -0.05) is 40.9 Å². The molecule has 4 nitrogen and oxygen atoms in total. The van der Waals surface area contributed by atoms with Crippen molar-refractivity contribution in [1.29, 1.82) is 0 Å². The summed E-state index contributed by atoms with van der Waals surface area (Å²) in [5.74, 6) is -0.635. The number of hydrogen-bond donors (Lipinski definition) is 1. The fraction of sp³-hybridized carbons (Fsp3) is 0.263. The van der Waals surface area contributed by atoms with Crippen molar-refractivity contribution in [3.63, 3.8) is 0 Å². The molecule has 6 heteroatoms. The van der Waals surface area contributed by atoms with Gasteiger partial charge >= 0.3 is 0 Å². The number of benzene rings is 2. The summed E-state index contributed by atoms with van der Waals surface area (Å²) in [7, 11) is 1.55. The Bertz CT molecular complexity index is 811. The van der Waals surface area contributed by atoms with E-state index < -0.39 is 0 Å². The van der Waals surface area contributed by atoms with Gasteiger partial charge in [-0.05, 0) is 50.1 Å². The van der Waals surface area contributed by atoms with Crippen molar-refractivity contribution in [2.24, 2.45) is 0 Å². The molecule has 1 N–H and O–H groups in total. The molecule has 0 spiro atoms. The predicted octanol–water partition coefficient (Wildman–Crippen LogP) is 4.63. The Morgan fingerprint density at radius 1 is 1.04 bits per heavy atom. The molecule has 0 aromatic heterocycles. The van der Waals surface area contributed by atoms with Gasteiger partial charge in [0.25, 0.3) is 5.91 Å². The minimum Gasteiger partial charge on any atom is -0.332 e. The van der Waals surface area contributed by atoms with Crippen LogP contribution in [-0.2, 0) is 4.79 Å². The highest BCUT2D eigenvalue weighted by molar-refractivity contribution is 6.35. The molecule has 0 saturated carbocycles. The number of likely N-dealkylation sites (N-methyl/N-ethyl adjacent to an activating group) is 1. The first-order chi connectivity index (χ1) is 11.7. The van der Waals surface area contributed by atoms with Gasteiger partial charge in [0.1, 0.15) is 0 Å². The number of aryl methyl sites for hydroxylation is 3. The number of carbonyl (C=O) groups is 2. The van der Waals surface area contributed by atoms with Crippen LogP contribution in [0, 0.1) is 20.8 Å². The lowest BCUT2D eigenvalue weighted by atomic mass is 10.1. The lowest BCUT2D eigenvalue weighted by Crippen LogP contribution is -2.35. The van der Waals surface area contributed by atoms with Crippen LogP contribution < -0.4 is 5.32 Å². The van der Waals surface area contributed by atoms with E-state index in [9.17, 15) is 9.59 Å². The second-order valence-electron chi connectivity index (χ2n) is 6.11. The largest absolute Gasteiger partial charge is 0.332 e. The summed E-state index contributed by atoms with van der Waals surface area (Å²) in [5, 5.41) is 3.59. The van der Waals surface area contributed by atoms with Gasteiger partial charge in [0.15, 0.2) is 0 Å². The molecular formula is C19H20Cl2N2O2. The summed E-state index contributed by atoms with van der Waals surface area (Å²) < 4.78 is 0. The van der Waals surface area contributed by atoms with Crippen LogP contribution in [0.2, 0.25) is 10.0 Å². The van der Waals surface area contributed by atoms with Crippen LogP contribution in [-0.4, -0.2) is 30.3 Å². The van der Waals surface area contributed by atoms with Crippen molar-refractivity contribution < 1.29 is 9.59 Å². The Balaban J connectivity index is 2.10. The molecule has 0 aliphatic carbocycles. The maximum absolute atomic E-state index is 12.5. The lowest BCUT2D eigenvalue weighted by molar-refractivity contribution is -0.116. The zero-order valence-corrected chi connectivity index (χ0v) is 16.1. The summed E-state index contributed by atoms with van der Waals surface area (Å²) >= 11 is 12.0. The number of anilines is 1. The van der Waals surface area contributed by atoms with E-state index in [4.69, 9.17) is 23.2 Å². The van der Waals surface area contributed by atoms with Crippen LogP contribution in [0.5, 0.6) is 0 Å². The van der Waals surface area contributed by atoms with E-state index in [-0.39, 0.29) is 23.9 Å². The van der Waals surface area contributed by atoms with Crippen molar-refractivity contribution >= 4 is 40.7 Å². The van der Waals surface area contributed by atoms with Crippen LogP contribution in [0.1, 0.15) is 27.0 Å². The Hall–Kier alpha value is -2.04. The topological polar surface area (TPSA) is 49.4 Å². The number of nitrogens with zero attached hydrogens (tertiary/aromatic N) is 1. The maximum atomic E-state index is 12.5. The summed E-state index contributed by atoms with van der Waals surface area (Å²) in [6.07, 6.45) is 0. The molecule has 0 fully saturated rings. The van der Waals surface area contributed by atoms with Crippen LogP contribution in [0.15, 0.2) is 30.3 Å². The van der Waals surface area contributed by atoms with Crippen LogP contribution in [0.3, 0.4) is 0 Å². The summed E-state index contributed by atoms with van der Waals surface area (Å²) in [6.45, 7) is 5.80. The quantitative estimate of drug-likeness (QED) is 0.842. The standard InChI is InChI=1S/C19H20Cl2N2O2/c1-11-7-12(2)18(13(3)8-11)22-17(24)10-23(4)19(25)15-9-14(20)5-6-16(15)21/h5-9H,10H2,1-4H3,(H,22,24). The first kappa shape index (κ1) is 19.3. The fourth-order valence-electron chi connectivity index (χ4n) is 2.71. The highest BCUT2D eigenvalue weighted by atomic mass is 35.5. The van der Waals surface area contributed by atoms with E-state index in [1.54, 1.807) is 19.2 Å². The van der Waals surface area contributed by atoms with E-state index in [0.29, 0.717) is 10.0 Å². The summed E-state index contributed by atoms with van der Waals surface area (Å²) in [4.78, 5) is 26.1. The molecule has 0 unspecified atom stereocenters. The van der Waals surface area contributed by atoms with E-state index in [1.165, 1.54) is 11.0 Å². The number of hydrogen-bond acceptors (Lipinski definition) is 2. The zero-order chi connectivity index (χ0) is 18.7. The van der Waals surface area contributed by atoms with Gasteiger partial charge in [-0.2, -0.15) is 0 Å². The van der Waals surface area contributed by atoms with Crippen molar-refractivity contribution in [2.75, 3.05) is 18.9 Å². The van der Waals surface area contributed by atoms with Gasteiger partial charge in [0.05, 0.1) is 17.1 Å². The highest BCUT2D eigenvalue weighted by Gasteiger charge is 2.18. The van der Waals surface area contributed by atoms with Gasteiger partial charge in [0.2, 0.25) is 5.91 Å². The minimum absolute atomic E-state index is 0.0889. The molecule has 0 aliphatic heterocycles. The normalized spacial score (nSPS) is 10.5. The van der Waals surface area contributed by atoms with E-state index in [2.05, 4.69) is 5.32 Å². The number of rotatable bonds is 4. The molecule has 2 aromatic rings. The molecule has 0 radical (unpaired) electrons. The van der Waals surface area contributed by atoms with Gasteiger partial charge in [-0.3, -0.25) is 9.59 Å². The second-order valence-corrected chi connectivity index (χ2v) is 6.95. The summed E-state index contributed by atoms with van der Waals surface area (Å²) in [5.41, 5.74) is 4.15. The number of amides is 2. The van der Waals surface area contributed by atoms with Crippen molar-refractivity contribution in [1.82, 2.24) is 4.90 Å². The molecule has 0 saturated heterocycles. The van der Waals surface area contributed by atoms with Crippen molar-refractivity contribution in [3.8, 4) is 0 Å². The first-order valence-corrected chi connectivity index (χ1v) is 8.53. The first-order valence-electron chi connectivity index (χ1n) is 7.77. The molecule has 0 bridgehead atoms. The third-order valence-electron chi connectivity index (χ3n) is 3.83. The summed E-state index contributed by atoms with van der Waals surface area (Å²) in [6, 6.07) is 8.67. The Morgan fingerprint density at radius 2 is 1.64 bits per heavy atom. The minimum atomic E-state index is -0.361. The van der Waals surface area contributed by atoms with Crippen LogP contribution in [0.4, 0.5) is 5.69 Å². The average molecular weight is 379 g/mol. The number of nitrogens with one attached hydrogen (secondary N) is 1. The van der Waals surface area contributed by atoms with Crippen molar-refractivity contribution in [3.05, 3.63) is 62.6 Å². The third kappa shape index (κ3) is 4.74. The molecule has 132 valence electrons. The van der Waals surface area contributed by atoms with E-state index in [1.807, 2.05) is 32.9 Å². The SMILES string of the molecule is Cc1cc(C)c(NC(=O)CN(C)C(=O)c2cc(Cl)ccc2Cl)c(C)c1. The molecule has 0 atom stereocenters. The Kier molecular flexibility index (Phi) is 6.09. The van der Waals surface area contributed by atoms with Gasteiger partial charge < -0.3 is 10.2 Å². The van der Waals surface area contributed by atoms with E-state index >= 15 is 0 Å². The predicted molar refractivity (Wildman–Crippen MR) is 103 cm³/mol. The van der Waals surface area contributed by atoms with Gasteiger partial charge in [0, 0.05) is 17.8 Å². The zero-order valence-electron chi connectivity index (χ0n) is 14.6. The fourth-order valence-corrected chi connectivity index (χ4v) is 3.08. The monoisotopic (exact) mass is 378 g/mol. The molecule has 2 rings (SSSR count). The Labute approximate surface area is 157 Å². The van der Waals surface area contributed by atoms with Gasteiger partial charge in [-0.15, -0.1) is 0 Å².